The molecule has 0 radical (unpaired) electrons. The van der Waals surface area contributed by atoms with Crippen molar-refractivity contribution in [3.63, 3.8) is 0 Å². The van der Waals surface area contributed by atoms with Crippen LogP contribution in [-0.4, -0.2) is 20.2 Å². The van der Waals surface area contributed by atoms with Gasteiger partial charge in [-0.1, -0.05) is 54.6 Å². The van der Waals surface area contributed by atoms with Gasteiger partial charge >= 0.3 is 0 Å². The number of aromatic nitrogens is 4. The van der Waals surface area contributed by atoms with Crippen molar-refractivity contribution in [2.45, 2.75) is 0 Å². The summed E-state index contributed by atoms with van der Waals surface area (Å²) in [4.78, 5) is 9.25. The first-order chi connectivity index (χ1) is 13.4. The molecule has 5 rings (SSSR count). The van der Waals surface area contributed by atoms with E-state index < -0.39 is 0 Å². The normalized spacial score (nSPS) is 11.0. The molecule has 27 heavy (non-hydrogen) atoms. The van der Waals surface area contributed by atoms with Gasteiger partial charge < -0.3 is 20.7 Å². The van der Waals surface area contributed by atoms with Crippen molar-refractivity contribution in [3.8, 4) is 0 Å². The number of nitrogens with zero attached hydrogens (tertiary/aromatic N) is 4. The third-order valence-electron chi connectivity index (χ3n) is 4.28. The second-order valence-electron chi connectivity index (χ2n) is 6.08. The van der Waals surface area contributed by atoms with Crippen LogP contribution in [0.1, 0.15) is 0 Å². The quantitative estimate of drug-likeness (QED) is 0.442. The van der Waals surface area contributed by atoms with Gasteiger partial charge in [0.1, 0.15) is 0 Å². The Morgan fingerprint density at radius 1 is 0.704 bits per heavy atom. The SMILES string of the molecule is c1ccc(Nc2nc([N-]c3n[nH]c4ccccc34)c3ccccc3n2)cc1. The first-order valence-corrected chi connectivity index (χ1v) is 8.60. The molecule has 0 aliphatic heterocycles. The number of aromatic amines is 1. The number of rotatable bonds is 4. The summed E-state index contributed by atoms with van der Waals surface area (Å²) in [5.74, 6) is 1.69. The van der Waals surface area contributed by atoms with Crippen LogP contribution < -0.4 is 5.32 Å². The highest BCUT2D eigenvalue weighted by atomic mass is 15.2. The largest absolute Gasteiger partial charge is 0.356 e. The molecule has 0 spiro atoms. The number of anilines is 2. The summed E-state index contributed by atoms with van der Waals surface area (Å²) in [6, 6.07) is 25.6. The fourth-order valence-corrected chi connectivity index (χ4v) is 2.99. The molecule has 0 fully saturated rings. The molecule has 0 amide bonds. The third kappa shape index (κ3) is 2.93. The lowest BCUT2D eigenvalue weighted by Gasteiger charge is -2.16. The Morgan fingerprint density at radius 3 is 2.33 bits per heavy atom. The van der Waals surface area contributed by atoms with E-state index in [1.54, 1.807) is 0 Å². The number of nitrogens with one attached hydrogen (secondary N) is 2. The van der Waals surface area contributed by atoms with Crippen molar-refractivity contribution in [2.75, 3.05) is 5.32 Å². The van der Waals surface area contributed by atoms with Crippen LogP contribution in [0, 0.1) is 0 Å². The van der Waals surface area contributed by atoms with E-state index in [9.17, 15) is 0 Å². The van der Waals surface area contributed by atoms with Crippen LogP contribution in [-0.2, 0) is 0 Å². The highest BCUT2D eigenvalue weighted by molar-refractivity contribution is 5.99. The maximum Gasteiger partial charge on any atom is 0.155 e. The van der Waals surface area contributed by atoms with Gasteiger partial charge in [-0.3, -0.25) is 5.10 Å². The summed E-state index contributed by atoms with van der Waals surface area (Å²) >= 11 is 0. The molecule has 130 valence electrons. The van der Waals surface area contributed by atoms with Crippen molar-refractivity contribution in [3.05, 3.63) is 84.2 Å². The molecule has 0 aliphatic rings. The second kappa shape index (κ2) is 6.42. The van der Waals surface area contributed by atoms with E-state index in [-0.39, 0.29) is 0 Å². The Balaban J connectivity index is 1.59. The fraction of sp³-hybridized carbons (Fsp3) is 0. The summed E-state index contributed by atoms with van der Waals surface area (Å²) in [6.07, 6.45) is 0. The zero-order chi connectivity index (χ0) is 18.1. The Kier molecular flexibility index (Phi) is 3.65. The van der Waals surface area contributed by atoms with Gasteiger partial charge in [-0.25, -0.2) is 4.98 Å². The average molecular weight is 351 g/mol. The molecule has 0 unspecified atom stereocenters. The van der Waals surface area contributed by atoms with E-state index in [0.717, 1.165) is 27.5 Å². The summed E-state index contributed by atoms with van der Waals surface area (Å²) in [5, 5.41) is 17.1. The van der Waals surface area contributed by atoms with E-state index in [2.05, 4.69) is 25.5 Å². The number of fused-ring (bicyclic) bond motifs is 2. The Morgan fingerprint density at radius 2 is 1.44 bits per heavy atom. The predicted molar refractivity (Wildman–Crippen MR) is 108 cm³/mol. The van der Waals surface area contributed by atoms with E-state index in [1.165, 1.54) is 0 Å². The standard InChI is InChI=1S/C21H15N6/c1-2-8-14(9-3-1)22-21-23-17-12-6-4-10-15(17)19(25-21)24-20-16-11-5-7-13-18(16)26-27-20/h1-13H,(H2-,22,23,24,25,26,27)/q-1. The lowest BCUT2D eigenvalue weighted by Crippen LogP contribution is -1.97. The van der Waals surface area contributed by atoms with E-state index in [0.29, 0.717) is 17.6 Å². The Labute approximate surface area is 155 Å². The minimum absolute atomic E-state index is 0.499. The maximum atomic E-state index is 4.73. The molecule has 0 aliphatic carbocycles. The second-order valence-corrected chi connectivity index (χ2v) is 6.08. The lowest BCUT2D eigenvalue weighted by atomic mass is 10.2. The molecule has 6 nitrogen and oxygen atoms in total. The summed E-state index contributed by atoms with van der Waals surface area (Å²) in [7, 11) is 0. The van der Waals surface area contributed by atoms with Gasteiger partial charge in [0.25, 0.3) is 0 Å². The molecule has 6 heteroatoms. The van der Waals surface area contributed by atoms with E-state index in [1.807, 2.05) is 78.9 Å². The molecular weight excluding hydrogens is 336 g/mol. The van der Waals surface area contributed by atoms with Crippen LogP contribution in [0.3, 0.4) is 0 Å². The maximum absolute atomic E-state index is 4.73. The molecule has 0 saturated carbocycles. The van der Waals surface area contributed by atoms with Gasteiger partial charge in [-0.15, -0.1) is 0 Å². The van der Waals surface area contributed by atoms with Crippen LogP contribution in [0.15, 0.2) is 78.9 Å². The van der Waals surface area contributed by atoms with Gasteiger partial charge in [0, 0.05) is 28.1 Å². The van der Waals surface area contributed by atoms with Crippen LogP contribution in [0.2, 0.25) is 0 Å². The minimum Gasteiger partial charge on any atom is -0.356 e. The molecular formula is C21H15N6-. The van der Waals surface area contributed by atoms with E-state index in [4.69, 9.17) is 5.32 Å². The van der Waals surface area contributed by atoms with Crippen molar-refractivity contribution < 1.29 is 0 Å². The van der Waals surface area contributed by atoms with Crippen LogP contribution in [0.25, 0.3) is 27.1 Å². The van der Waals surface area contributed by atoms with Gasteiger partial charge in [0.2, 0.25) is 0 Å². The lowest BCUT2D eigenvalue weighted by molar-refractivity contribution is 1.12. The van der Waals surface area contributed by atoms with Gasteiger partial charge in [0.15, 0.2) is 5.95 Å². The fourth-order valence-electron chi connectivity index (χ4n) is 2.99. The molecule has 3 aromatic carbocycles. The molecule has 2 aromatic heterocycles. The number of H-pyrrole nitrogens is 1. The first kappa shape index (κ1) is 15.3. The van der Waals surface area contributed by atoms with Crippen LogP contribution in [0.5, 0.6) is 0 Å². The molecule has 5 aromatic rings. The third-order valence-corrected chi connectivity index (χ3v) is 4.28. The monoisotopic (exact) mass is 351 g/mol. The zero-order valence-electron chi connectivity index (χ0n) is 14.3. The topological polar surface area (TPSA) is 80.6 Å². The number of para-hydroxylation sites is 3. The van der Waals surface area contributed by atoms with Gasteiger partial charge in [0.05, 0.1) is 11.0 Å². The van der Waals surface area contributed by atoms with Gasteiger partial charge in [-0.05, 0) is 24.3 Å². The van der Waals surface area contributed by atoms with E-state index >= 15 is 0 Å². The van der Waals surface area contributed by atoms with Crippen molar-refractivity contribution in [2.24, 2.45) is 0 Å². The number of hydrogen-bond acceptors (Lipinski definition) is 4. The van der Waals surface area contributed by atoms with Crippen LogP contribution >= 0.6 is 0 Å². The summed E-state index contributed by atoms with van der Waals surface area (Å²) < 4.78 is 0. The smallest absolute Gasteiger partial charge is 0.155 e. The van der Waals surface area contributed by atoms with Crippen molar-refractivity contribution in [1.29, 1.82) is 0 Å². The van der Waals surface area contributed by atoms with Gasteiger partial charge in [-0.2, -0.15) is 0 Å². The molecule has 2 heterocycles. The zero-order valence-corrected chi connectivity index (χ0v) is 14.3. The number of benzene rings is 3. The van der Waals surface area contributed by atoms with Crippen molar-refractivity contribution >= 4 is 45.1 Å². The predicted octanol–water partition coefficient (Wildman–Crippen LogP) is 5.59. The summed E-state index contributed by atoms with van der Waals surface area (Å²) in [5.41, 5.74) is 2.69. The average Bonchev–Trinajstić information content (AvgIpc) is 3.12. The molecule has 0 saturated heterocycles. The summed E-state index contributed by atoms with van der Waals surface area (Å²) in [6.45, 7) is 0. The van der Waals surface area contributed by atoms with Crippen molar-refractivity contribution in [1.82, 2.24) is 20.2 Å². The number of hydrogen-bond donors (Lipinski definition) is 2. The highest BCUT2D eigenvalue weighted by Gasteiger charge is 2.05. The minimum atomic E-state index is 0.499. The first-order valence-electron chi connectivity index (χ1n) is 8.60. The van der Waals surface area contributed by atoms with Crippen LogP contribution in [0.4, 0.5) is 23.3 Å². The Hall–Kier alpha value is -3.93. The Bertz CT molecular complexity index is 1230. The molecule has 0 atom stereocenters. The molecule has 0 bridgehead atoms. The molecule has 2 N–H and O–H groups in total. The highest BCUT2D eigenvalue weighted by Crippen LogP contribution is 2.37.